The van der Waals surface area contributed by atoms with E-state index in [1.165, 1.54) is 6.07 Å². The molecule has 0 saturated carbocycles. The van der Waals surface area contributed by atoms with Gasteiger partial charge in [-0.05, 0) is 36.2 Å². The zero-order valence-corrected chi connectivity index (χ0v) is 9.70. The standard InChI is InChI=1S/C13H14F2N2O/c14-11-5-3-9(8-12(11)15)13(17-16)6-4-10-2-1-7-18-10/h1-3,5,7-8,13,17H,4,6,16H2. The molecule has 0 fully saturated rings. The number of rotatable bonds is 5. The average molecular weight is 252 g/mol. The number of hydrogen-bond acceptors (Lipinski definition) is 3. The summed E-state index contributed by atoms with van der Waals surface area (Å²) in [5, 5.41) is 0. The molecule has 0 aliphatic rings. The molecule has 2 rings (SSSR count). The zero-order chi connectivity index (χ0) is 13.0. The quantitative estimate of drug-likeness (QED) is 0.635. The third kappa shape index (κ3) is 2.94. The van der Waals surface area contributed by atoms with Crippen LogP contribution in [0.5, 0.6) is 0 Å². The predicted octanol–water partition coefficient (Wildman–Crippen LogP) is 2.70. The second-order valence-corrected chi connectivity index (χ2v) is 4.01. The smallest absolute Gasteiger partial charge is 0.159 e. The summed E-state index contributed by atoms with van der Waals surface area (Å²) in [5.74, 6) is 4.54. The van der Waals surface area contributed by atoms with E-state index in [9.17, 15) is 8.78 Å². The first-order valence-corrected chi connectivity index (χ1v) is 5.64. The normalized spacial score (nSPS) is 12.6. The molecule has 1 unspecified atom stereocenters. The van der Waals surface area contributed by atoms with Gasteiger partial charge in [0, 0.05) is 12.5 Å². The van der Waals surface area contributed by atoms with E-state index in [0.29, 0.717) is 18.4 Å². The number of aryl methyl sites for hydroxylation is 1. The van der Waals surface area contributed by atoms with Gasteiger partial charge in [-0.15, -0.1) is 0 Å². The lowest BCUT2D eigenvalue weighted by molar-refractivity contribution is 0.454. The third-order valence-corrected chi connectivity index (χ3v) is 2.81. The van der Waals surface area contributed by atoms with Crippen molar-refractivity contribution in [2.24, 2.45) is 5.84 Å². The van der Waals surface area contributed by atoms with Crippen molar-refractivity contribution in [3.8, 4) is 0 Å². The van der Waals surface area contributed by atoms with Crippen LogP contribution in [0.2, 0.25) is 0 Å². The SMILES string of the molecule is NNC(CCc1ccco1)c1ccc(F)c(F)c1. The van der Waals surface area contributed by atoms with Crippen molar-refractivity contribution < 1.29 is 13.2 Å². The summed E-state index contributed by atoms with van der Waals surface area (Å²) in [4.78, 5) is 0. The van der Waals surface area contributed by atoms with Crippen LogP contribution in [0.1, 0.15) is 23.8 Å². The van der Waals surface area contributed by atoms with Crippen molar-refractivity contribution in [1.82, 2.24) is 5.43 Å². The van der Waals surface area contributed by atoms with Crippen molar-refractivity contribution in [2.45, 2.75) is 18.9 Å². The van der Waals surface area contributed by atoms with Gasteiger partial charge in [-0.2, -0.15) is 0 Å². The molecule has 0 amide bonds. The fraction of sp³-hybridized carbons (Fsp3) is 0.231. The molecule has 0 aliphatic heterocycles. The summed E-state index contributed by atoms with van der Waals surface area (Å²) in [7, 11) is 0. The van der Waals surface area contributed by atoms with Crippen LogP contribution in [0.3, 0.4) is 0 Å². The molecule has 1 aromatic carbocycles. The van der Waals surface area contributed by atoms with Crippen LogP contribution in [-0.4, -0.2) is 0 Å². The molecule has 0 bridgehead atoms. The van der Waals surface area contributed by atoms with E-state index in [1.54, 1.807) is 12.3 Å². The van der Waals surface area contributed by atoms with Crippen molar-refractivity contribution in [3.05, 3.63) is 59.6 Å². The van der Waals surface area contributed by atoms with Crippen molar-refractivity contribution in [3.63, 3.8) is 0 Å². The highest BCUT2D eigenvalue weighted by Crippen LogP contribution is 2.20. The molecule has 2 aromatic rings. The van der Waals surface area contributed by atoms with E-state index < -0.39 is 11.6 Å². The van der Waals surface area contributed by atoms with Crippen LogP contribution in [0.4, 0.5) is 8.78 Å². The van der Waals surface area contributed by atoms with Crippen molar-refractivity contribution >= 4 is 0 Å². The summed E-state index contributed by atoms with van der Waals surface area (Å²) >= 11 is 0. The molecule has 1 heterocycles. The predicted molar refractivity (Wildman–Crippen MR) is 63.5 cm³/mol. The molecule has 3 N–H and O–H groups in total. The number of benzene rings is 1. The van der Waals surface area contributed by atoms with E-state index in [0.717, 1.165) is 17.9 Å². The molecule has 0 radical (unpaired) electrons. The number of hydrogen-bond donors (Lipinski definition) is 2. The highest BCUT2D eigenvalue weighted by atomic mass is 19.2. The van der Waals surface area contributed by atoms with Gasteiger partial charge >= 0.3 is 0 Å². The van der Waals surface area contributed by atoms with Crippen LogP contribution < -0.4 is 11.3 Å². The third-order valence-electron chi connectivity index (χ3n) is 2.81. The number of halogens is 2. The summed E-state index contributed by atoms with van der Waals surface area (Å²) in [6.45, 7) is 0. The summed E-state index contributed by atoms with van der Waals surface area (Å²) in [6.07, 6.45) is 2.90. The largest absolute Gasteiger partial charge is 0.469 e. The highest BCUT2D eigenvalue weighted by Gasteiger charge is 2.13. The van der Waals surface area contributed by atoms with Gasteiger partial charge in [-0.1, -0.05) is 6.07 Å². The van der Waals surface area contributed by atoms with Gasteiger partial charge in [-0.25, -0.2) is 8.78 Å². The van der Waals surface area contributed by atoms with Gasteiger partial charge in [0.25, 0.3) is 0 Å². The molecule has 0 spiro atoms. The Labute approximate surface area is 104 Å². The van der Waals surface area contributed by atoms with Crippen LogP contribution >= 0.6 is 0 Å². The summed E-state index contributed by atoms with van der Waals surface area (Å²) < 4.78 is 31.2. The lowest BCUT2D eigenvalue weighted by atomic mass is 10.0. The van der Waals surface area contributed by atoms with E-state index in [4.69, 9.17) is 10.3 Å². The maximum absolute atomic E-state index is 13.1. The first-order chi connectivity index (χ1) is 8.70. The van der Waals surface area contributed by atoms with Gasteiger partial charge in [0.15, 0.2) is 11.6 Å². The van der Waals surface area contributed by atoms with Gasteiger partial charge in [0.2, 0.25) is 0 Å². The first kappa shape index (κ1) is 12.7. The minimum absolute atomic E-state index is 0.245. The number of nitrogens with one attached hydrogen (secondary N) is 1. The van der Waals surface area contributed by atoms with E-state index in [1.807, 2.05) is 6.07 Å². The Hall–Kier alpha value is -1.72. The van der Waals surface area contributed by atoms with Crippen molar-refractivity contribution in [2.75, 3.05) is 0 Å². The topological polar surface area (TPSA) is 51.2 Å². The summed E-state index contributed by atoms with van der Waals surface area (Å²) in [5.41, 5.74) is 3.21. The van der Waals surface area contributed by atoms with Crippen LogP contribution in [0.15, 0.2) is 41.0 Å². The molecule has 1 atom stereocenters. The minimum Gasteiger partial charge on any atom is -0.469 e. The fourth-order valence-corrected chi connectivity index (χ4v) is 1.82. The number of hydrazine groups is 1. The maximum atomic E-state index is 13.1. The van der Waals surface area contributed by atoms with E-state index in [-0.39, 0.29) is 6.04 Å². The molecule has 5 heteroatoms. The Kier molecular flexibility index (Phi) is 4.07. The Morgan fingerprint density at radius 2 is 2.06 bits per heavy atom. The van der Waals surface area contributed by atoms with Crippen molar-refractivity contribution in [1.29, 1.82) is 0 Å². The van der Waals surface area contributed by atoms with Gasteiger partial charge < -0.3 is 4.42 Å². The fourth-order valence-electron chi connectivity index (χ4n) is 1.82. The number of nitrogens with two attached hydrogens (primary N) is 1. The van der Waals surface area contributed by atoms with E-state index in [2.05, 4.69) is 5.43 Å². The molecule has 0 aliphatic carbocycles. The monoisotopic (exact) mass is 252 g/mol. The Morgan fingerprint density at radius 1 is 1.22 bits per heavy atom. The molecule has 3 nitrogen and oxygen atoms in total. The molecule has 96 valence electrons. The molecule has 0 saturated heterocycles. The van der Waals surface area contributed by atoms with E-state index >= 15 is 0 Å². The van der Waals surface area contributed by atoms with Crippen LogP contribution in [0, 0.1) is 11.6 Å². The summed E-state index contributed by atoms with van der Waals surface area (Å²) in [6, 6.07) is 7.19. The second-order valence-electron chi connectivity index (χ2n) is 4.01. The highest BCUT2D eigenvalue weighted by molar-refractivity contribution is 5.21. The second kappa shape index (κ2) is 5.75. The molecular weight excluding hydrogens is 238 g/mol. The first-order valence-electron chi connectivity index (χ1n) is 5.64. The van der Waals surface area contributed by atoms with Crippen LogP contribution in [-0.2, 0) is 6.42 Å². The zero-order valence-electron chi connectivity index (χ0n) is 9.70. The Bertz CT molecular complexity index is 500. The lowest BCUT2D eigenvalue weighted by Crippen LogP contribution is -2.28. The van der Waals surface area contributed by atoms with Gasteiger partial charge in [-0.3, -0.25) is 11.3 Å². The van der Waals surface area contributed by atoms with Gasteiger partial charge in [0.1, 0.15) is 5.76 Å². The van der Waals surface area contributed by atoms with Crippen LogP contribution in [0.25, 0.3) is 0 Å². The Balaban J connectivity index is 2.05. The molecular formula is C13H14F2N2O. The van der Waals surface area contributed by atoms with Gasteiger partial charge in [0.05, 0.1) is 6.26 Å². The average Bonchev–Trinajstić information content (AvgIpc) is 2.87. The molecule has 18 heavy (non-hydrogen) atoms. The minimum atomic E-state index is -0.870. The molecule has 1 aromatic heterocycles. The Morgan fingerprint density at radius 3 is 2.67 bits per heavy atom. The number of furan rings is 1. The maximum Gasteiger partial charge on any atom is 0.159 e. The lowest BCUT2D eigenvalue weighted by Gasteiger charge is -2.15.